The van der Waals surface area contributed by atoms with Crippen molar-refractivity contribution in [2.24, 2.45) is 11.8 Å². The van der Waals surface area contributed by atoms with Gasteiger partial charge in [-0.3, -0.25) is 4.90 Å². The normalized spacial score (nSPS) is 11.6. The summed E-state index contributed by atoms with van der Waals surface area (Å²) in [5.74, 6) is 2.14. The zero-order valence-electron chi connectivity index (χ0n) is 12.5. The van der Waals surface area contributed by atoms with Gasteiger partial charge in [0, 0.05) is 19.6 Å². The highest BCUT2D eigenvalue weighted by atomic mass is 35.5. The van der Waals surface area contributed by atoms with Crippen molar-refractivity contribution < 1.29 is 4.74 Å². The van der Waals surface area contributed by atoms with E-state index in [2.05, 4.69) is 32.6 Å². The average Bonchev–Trinajstić information content (AvgIpc) is 2.30. The number of para-hydroxylation sites is 1. The van der Waals surface area contributed by atoms with Gasteiger partial charge in [-0.05, 0) is 24.0 Å². The second kappa shape index (κ2) is 8.44. The molecule has 0 N–H and O–H groups in total. The van der Waals surface area contributed by atoms with Gasteiger partial charge in [-0.15, -0.1) is 0 Å². The Kier molecular flexibility index (Phi) is 7.25. The number of hydrogen-bond acceptors (Lipinski definition) is 2. The summed E-state index contributed by atoms with van der Waals surface area (Å²) < 4.78 is 5.76. The van der Waals surface area contributed by atoms with E-state index in [0.29, 0.717) is 23.5 Å². The van der Waals surface area contributed by atoms with Crippen molar-refractivity contribution in [1.29, 1.82) is 0 Å². The molecule has 0 aliphatic rings. The van der Waals surface area contributed by atoms with Gasteiger partial charge in [0.2, 0.25) is 0 Å². The van der Waals surface area contributed by atoms with E-state index in [9.17, 15) is 0 Å². The van der Waals surface area contributed by atoms with Gasteiger partial charge >= 0.3 is 0 Å². The first-order valence-electron chi connectivity index (χ1n) is 7.08. The summed E-state index contributed by atoms with van der Waals surface area (Å²) in [4.78, 5) is 2.46. The Balaban J connectivity index is 2.41. The Bertz CT molecular complexity index is 356. The molecule has 0 unspecified atom stereocenters. The molecule has 0 bridgehead atoms. The zero-order valence-corrected chi connectivity index (χ0v) is 13.3. The predicted octanol–water partition coefficient (Wildman–Crippen LogP) is 4.33. The van der Waals surface area contributed by atoms with Crippen LogP contribution in [0.1, 0.15) is 27.7 Å². The van der Waals surface area contributed by atoms with Gasteiger partial charge in [0.25, 0.3) is 0 Å². The molecule has 0 saturated carbocycles. The van der Waals surface area contributed by atoms with E-state index >= 15 is 0 Å². The van der Waals surface area contributed by atoms with Crippen LogP contribution in [-0.2, 0) is 0 Å². The minimum Gasteiger partial charge on any atom is -0.491 e. The number of benzene rings is 1. The van der Waals surface area contributed by atoms with Crippen molar-refractivity contribution in [3.63, 3.8) is 0 Å². The Hall–Kier alpha value is -0.730. The summed E-state index contributed by atoms with van der Waals surface area (Å²) in [5, 5.41) is 0.682. The van der Waals surface area contributed by atoms with Gasteiger partial charge in [0.1, 0.15) is 12.4 Å². The molecule has 0 saturated heterocycles. The molecule has 108 valence electrons. The lowest BCUT2D eigenvalue weighted by Gasteiger charge is -2.26. The first kappa shape index (κ1) is 16.3. The molecule has 19 heavy (non-hydrogen) atoms. The average molecular weight is 284 g/mol. The number of halogens is 1. The molecule has 1 aromatic carbocycles. The van der Waals surface area contributed by atoms with Crippen molar-refractivity contribution in [1.82, 2.24) is 4.90 Å². The maximum absolute atomic E-state index is 6.07. The van der Waals surface area contributed by atoms with Crippen LogP contribution in [-0.4, -0.2) is 31.1 Å². The van der Waals surface area contributed by atoms with Gasteiger partial charge < -0.3 is 4.74 Å². The van der Waals surface area contributed by atoms with Gasteiger partial charge in [0.05, 0.1) is 5.02 Å². The highest BCUT2D eigenvalue weighted by Gasteiger charge is 2.10. The van der Waals surface area contributed by atoms with E-state index < -0.39 is 0 Å². The van der Waals surface area contributed by atoms with Gasteiger partial charge in [-0.25, -0.2) is 0 Å². The number of nitrogens with zero attached hydrogens (tertiary/aromatic N) is 1. The first-order chi connectivity index (χ1) is 8.99. The maximum atomic E-state index is 6.07. The third-order valence-corrected chi connectivity index (χ3v) is 3.06. The maximum Gasteiger partial charge on any atom is 0.137 e. The van der Waals surface area contributed by atoms with Crippen LogP contribution in [0.3, 0.4) is 0 Å². The topological polar surface area (TPSA) is 12.5 Å². The van der Waals surface area contributed by atoms with Crippen LogP contribution >= 0.6 is 11.6 Å². The van der Waals surface area contributed by atoms with E-state index in [0.717, 1.165) is 25.4 Å². The zero-order chi connectivity index (χ0) is 14.3. The molecule has 0 fully saturated rings. The summed E-state index contributed by atoms with van der Waals surface area (Å²) in [5.41, 5.74) is 0. The quantitative estimate of drug-likeness (QED) is 0.704. The monoisotopic (exact) mass is 283 g/mol. The molecule has 0 aromatic heterocycles. The predicted molar refractivity (Wildman–Crippen MR) is 83.1 cm³/mol. The van der Waals surface area contributed by atoms with Crippen LogP contribution in [0.25, 0.3) is 0 Å². The molecule has 0 aliphatic carbocycles. The van der Waals surface area contributed by atoms with E-state index in [1.54, 1.807) is 0 Å². The van der Waals surface area contributed by atoms with Crippen LogP contribution in [0.5, 0.6) is 5.75 Å². The van der Waals surface area contributed by atoms with Crippen molar-refractivity contribution in [3.05, 3.63) is 29.3 Å². The standard InChI is InChI=1S/C16H26ClNO/c1-13(2)11-18(12-14(3)4)9-10-19-16-8-6-5-7-15(16)17/h5-8,13-14H,9-12H2,1-4H3. The van der Waals surface area contributed by atoms with Gasteiger partial charge in [0.15, 0.2) is 0 Å². The summed E-state index contributed by atoms with van der Waals surface area (Å²) >= 11 is 6.07. The molecule has 1 rings (SSSR count). The number of ether oxygens (including phenoxy) is 1. The SMILES string of the molecule is CC(C)CN(CCOc1ccccc1Cl)CC(C)C. The van der Waals surface area contributed by atoms with E-state index in [1.165, 1.54) is 0 Å². The van der Waals surface area contributed by atoms with Crippen LogP contribution < -0.4 is 4.74 Å². The highest BCUT2D eigenvalue weighted by molar-refractivity contribution is 6.32. The molecular weight excluding hydrogens is 258 g/mol. The van der Waals surface area contributed by atoms with Crippen molar-refractivity contribution >= 4 is 11.6 Å². The Labute approximate surface area is 122 Å². The molecule has 0 atom stereocenters. The second-order valence-electron chi connectivity index (χ2n) is 5.83. The van der Waals surface area contributed by atoms with Crippen molar-refractivity contribution in [2.45, 2.75) is 27.7 Å². The van der Waals surface area contributed by atoms with Crippen LogP contribution in [0, 0.1) is 11.8 Å². The largest absolute Gasteiger partial charge is 0.491 e. The summed E-state index contributed by atoms with van der Waals surface area (Å²) in [7, 11) is 0. The highest BCUT2D eigenvalue weighted by Crippen LogP contribution is 2.22. The minimum atomic E-state index is 0.680. The fourth-order valence-electron chi connectivity index (χ4n) is 2.14. The second-order valence-corrected chi connectivity index (χ2v) is 6.23. The third kappa shape index (κ3) is 6.84. The van der Waals surface area contributed by atoms with Crippen molar-refractivity contribution in [2.75, 3.05) is 26.2 Å². The Morgan fingerprint density at radius 2 is 1.63 bits per heavy atom. The Morgan fingerprint density at radius 3 is 2.16 bits per heavy atom. The number of rotatable bonds is 8. The fourth-order valence-corrected chi connectivity index (χ4v) is 2.33. The molecule has 0 spiro atoms. The summed E-state index contributed by atoms with van der Waals surface area (Å²) in [6, 6.07) is 7.63. The van der Waals surface area contributed by atoms with E-state index in [4.69, 9.17) is 16.3 Å². The van der Waals surface area contributed by atoms with Gasteiger partial charge in [-0.1, -0.05) is 51.4 Å². The molecular formula is C16H26ClNO. The van der Waals surface area contributed by atoms with Crippen LogP contribution in [0.15, 0.2) is 24.3 Å². The molecule has 0 radical (unpaired) electrons. The van der Waals surface area contributed by atoms with Crippen molar-refractivity contribution in [3.8, 4) is 5.75 Å². The lowest BCUT2D eigenvalue weighted by molar-refractivity contribution is 0.177. The molecule has 0 heterocycles. The summed E-state index contributed by atoms with van der Waals surface area (Å²) in [6.45, 7) is 12.9. The first-order valence-corrected chi connectivity index (χ1v) is 7.46. The van der Waals surface area contributed by atoms with E-state index in [-0.39, 0.29) is 0 Å². The smallest absolute Gasteiger partial charge is 0.137 e. The lowest BCUT2D eigenvalue weighted by Crippen LogP contribution is -2.34. The van der Waals surface area contributed by atoms with E-state index in [1.807, 2.05) is 24.3 Å². The molecule has 0 amide bonds. The van der Waals surface area contributed by atoms with Crippen LogP contribution in [0.4, 0.5) is 0 Å². The summed E-state index contributed by atoms with van der Waals surface area (Å²) in [6.07, 6.45) is 0. The lowest BCUT2D eigenvalue weighted by atomic mass is 10.1. The number of hydrogen-bond donors (Lipinski definition) is 0. The molecule has 0 aliphatic heterocycles. The molecule has 3 heteroatoms. The Morgan fingerprint density at radius 1 is 1.05 bits per heavy atom. The third-order valence-electron chi connectivity index (χ3n) is 2.75. The molecule has 1 aromatic rings. The van der Waals surface area contributed by atoms with Crippen LogP contribution in [0.2, 0.25) is 5.02 Å². The molecule has 2 nitrogen and oxygen atoms in total. The van der Waals surface area contributed by atoms with Gasteiger partial charge in [-0.2, -0.15) is 0 Å². The fraction of sp³-hybridized carbons (Fsp3) is 0.625. The minimum absolute atomic E-state index is 0.680.